The highest BCUT2D eigenvalue weighted by Gasteiger charge is 2.27. The Hall–Kier alpha value is 0.230. The second-order valence-electron chi connectivity index (χ2n) is 3.41. The molecule has 1 aliphatic heterocycles. The number of rotatable bonds is 5. The summed E-state index contributed by atoms with van der Waals surface area (Å²) in [5.41, 5.74) is 0. The number of aliphatic hydroxyl groups is 2. The lowest BCUT2D eigenvalue weighted by Gasteiger charge is -2.17. The van der Waals surface area contributed by atoms with Gasteiger partial charge in [0.05, 0.1) is 18.8 Å². The zero-order chi connectivity index (χ0) is 9.68. The van der Waals surface area contributed by atoms with Crippen molar-refractivity contribution in [3.05, 3.63) is 0 Å². The first-order valence-corrected chi connectivity index (χ1v) is 5.91. The molecule has 0 amide bonds. The standard InChI is InChI=1S/C9H18O3S/c1-2-12-4-8(10)3-7-5-13-6-9(7)11/h7-11H,2-6H2,1H3. The van der Waals surface area contributed by atoms with Crippen molar-refractivity contribution in [1.29, 1.82) is 0 Å². The summed E-state index contributed by atoms with van der Waals surface area (Å²) in [7, 11) is 0. The molecule has 0 aromatic heterocycles. The van der Waals surface area contributed by atoms with E-state index in [0.29, 0.717) is 19.6 Å². The van der Waals surface area contributed by atoms with Gasteiger partial charge in [-0.25, -0.2) is 0 Å². The molecule has 78 valence electrons. The van der Waals surface area contributed by atoms with Crippen molar-refractivity contribution in [3.63, 3.8) is 0 Å². The van der Waals surface area contributed by atoms with Gasteiger partial charge in [-0.05, 0) is 25.0 Å². The van der Waals surface area contributed by atoms with Gasteiger partial charge < -0.3 is 14.9 Å². The van der Waals surface area contributed by atoms with Crippen molar-refractivity contribution in [3.8, 4) is 0 Å². The van der Waals surface area contributed by atoms with E-state index in [0.717, 1.165) is 11.5 Å². The van der Waals surface area contributed by atoms with Gasteiger partial charge in [0, 0.05) is 12.4 Å². The van der Waals surface area contributed by atoms with Gasteiger partial charge in [-0.15, -0.1) is 0 Å². The minimum atomic E-state index is -0.418. The maximum Gasteiger partial charge on any atom is 0.0777 e. The van der Waals surface area contributed by atoms with Gasteiger partial charge in [0.25, 0.3) is 0 Å². The third-order valence-corrected chi connectivity index (χ3v) is 3.49. The molecule has 0 spiro atoms. The van der Waals surface area contributed by atoms with E-state index in [-0.39, 0.29) is 12.0 Å². The summed E-state index contributed by atoms with van der Waals surface area (Å²) >= 11 is 1.75. The Morgan fingerprint density at radius 3 is 2.85 bits per heavy atom. The van der Waals surface area contributed by atoms with E-state index < -0.39 is 6.10 Å². The minimum absolute atomic E-state index is 0.235. The smallest absolute Gasteiger partial charge is 0.0777 e. The summed E-state index contributed by atoms with van der Waals surface area (Å²) in [5, 5.41) is 19.0. The van der Waals surface area contributed by atoms with Crippen LogP contribution in [0.5, 0.6) is 0 Å². The molecule has 3 atom stereocenters. The van der Waals surface area contributed by atoms with Gasteiger partial charge >= 0.3 is 0 Å². The highest BCUT2D eigenvalue weighted by Crippen LogP contribution is 2.27. The number of aliphatic hydroxyl groups excluding tert-OH is 2. The number of hydrogen-bond donors (Lipinski definition) is 2. The Morgan fingerprint density at radius 2 is 2.31 bits per heavy atom. The molecule has 3 nitrogen and oxygen atoms in total. The lowest BCUT2D eigenvalue weighted by molar-refractivity contribution is 0.0181. The SMILES string of the molecule is CCOCC(O)CC1CSCC1O. The summed E-state index contributed by atoms with van der Waals surface area (Å²) in [4.78, 5) is 0. The van der Waals surface area contributed by atoms with Crippen molar-refractivity contribution in [2.45, 2.75) is 25.6 Å². The van der Waals surface area contributed by atoms with Crippen molar-refractivity contribution in [1.82, 2.24) is 0 Å². The van der Waals surface area contributed by atoms with Crippen molar-refractivity contribution in [2.24, 2.45) is 5.92 Å². The summed E-state index contributed by atoms with van der Waals surface area (Å²) in [5.74, 6) is 2.02. The van der Waals surface area contributed by atoms with E-state index in [1.165, 1.54) is 0 Å². The quantitative estimate of drug-likeness (QED) is 0.687. The van der Waals surface area contributed by atoms with Crippen LogP contribution in [0.3, 0.4) is 0 Å². The lowest BCUT2D eigenvalue weighted by atomic mass is 9.99. The Labute approximate surface area is 83.5 Å². The molecule has 0 radical (unpaired) electrons. The Bertz CT molecular complexity index is 143. The Kier molecular flexibility index (Phi) is 5.09. The molecular formula is C9H18O3S. The van der Waals surface area contributed by atoms with Crippen molar-refractivity contribution in [2.75, 3.05) is 24.7 Å². The molecule has 0 bridgehead atoms. The van der Waals surface area contributed by atoms with Gasteiger partial charge in [0.2, 0.25) is 0 Å². The van der Waals surface area contributed by atoms with E-state index in [1.807, 2.05) is 6.92 Å². The van der Waals surface area contributed by atoms with Crippen LogP contribution in [0.2, 0.25) is 0 Å². The van der Waals surface area contributed by atoms with E-state index >= 15 is 0 Å². The lowest BCUT2D eigenvalue weighted by Crippen LogP contribution is -2.26. The molecule has 1 rings (SSSR count). The van der Waals surface area contributed by atoms with Gasteiger partial charge in [0.15, 0.2) is 0 Å². The molecule has 2 N–H and O–H groups in total. The Balaban J connectivity index is 2.15. The van der Waals surface area contributed by atoms with E-state index in [1.54, 1.807) is 11.8 Å². The number of hydrogen-bond acceptors (Lipinski definition) is 4. The predicted molar refractivity (Wildman–Crippen MR) is 53.9 cm³/mol. The largest absolute Gasteiger partial charge is 0.392 e. The van der Waals surface area contributed by atoms with Crippen LogP contribution in [-0.4, -0.2) is 47.1 Å². The first-order chi connectivity index (χ1) is 6.24. The number of ether oxygens (including phenoxy) is 1. The average Bonchev–Trinajstić information content (AvgIpc) is 2.48. The first-order valence-electron chi connectivity index (χ1n) is 4.75. The third-order valence-electron chi connectivity index (χ3n) is 2.25. The van der Waals surface area contributed by atoms with E-state index in [9.17, 15) is 10.2 Å². The highest BCUT2D eigenvalue weighted by atomic mass is 32.2. The summed E-state index contributed by atoms with van der Waals surface area (Å²) < 4.78 is 5.10. The Morgan fingerprint density at radius 1 is 1.54 bits per heavy atom. The van der Waals surface area contributed by atoms with Crippen molar-refractivity contribution >= 4 is 11.8 Å². The average molecular weight is 206 g/mol. The fourth-order valence-electron chi connectivity index (χ4n) is 1.48. The molecule has 0 aliphatic carbocycles. The van der Waals surface area contributed by atoms with Crippen LogP contribution in [-0.2, 0) is 4.74 Å². The zero-order valence-electron chi connectivity index (χ0n) is 7.98. The zero-order valence-corrected chi connectivity index (χ0v) is 8.80. The predicted octanol–water partition coefficient (Wildman–Crippen LogP) is 0.498. The molecule has 3 unspecified atom stereocenters. The monoisotopic (exact) mass is 206 g/mol. The van der Waals surface area contributed by atoms with Crippen LogP contribution in [0.15, 0.2) is 0 Å². The van der Waals surface area contributed by atoms with Crippen LogP contribution in [0.4, 0.5) is 0 Å². The molecular weight excluding hydrogens is 188 g/mol. The van der Waals surface area contributed by atoms with Crippen LogP contribution < -0.4 is 0 Å². The van der Waals surface area contributed by atoms with Gasteiger partial charge in [0.1, 0.15) is 0 Å². The number of thioether (sulfide) groups is 1. The first kappa shape index (κ1) is 11.3. The van der Waals surface area contributed by atoms with Gasteiger partial charge in [-0.3, -0.25) is 0 Å². The van der Waals surface area contributed by atoms with Gasteiger partial charge in [-0.2, -0.15) is 11.8 Å². The highest BCUT2D eigenvalue weighted by molar-refractivity contribution is 7.99. The summed E-state index contributed by atoms with van der Waals surface area (Å²) in [6, 6.07) is 0. The molecule has 1 fully saturated rings. The molecule has 0 aromatic rings. The van der Waals surface area contributed by atoms with Crippen LogP contribution in [0.25, 0.3) is 0 Å². The maximum atomic E-state index is 9.51. The summed E-state index contributed by atoms with van der Waals surface area (Å²) in [6.07, 6.45) is 0.00771. The second-order valence-corrected chi connectivity index (χ2v) is 4.49. The second kappa shape index (κ2) is 5.86. The molecule has 1 heterocycles. The third kappa shape index (κ3) is 3.85. The fraction of sp³-hybridized carbons (Fsp3) is 1.00. The fourth-order valence-corrected chi connectivity index (χ4v) is 2.79. The summed E-state index contributed by atoms with van der Waals surface area (Å²) in [6.45, 7) is 2.94. The molecule has 0 saturated carbocycles. The molecule has 4 heteroatoms. The van der Waals surface area contributed by atoms with Crippen LogP contribution in [0.1, 0.15) is 13.3 Å². The molecule has 0 aromatic carbocycles. The minimum Gasteiger partial charge on any atom is -0.392 e. The molecule has 13 heavy (non-hydrogen) atoms. The van der Waals surface area contributed by atoms with Crippen molar-refractivity contribution < 1.29 is 14.9 Å². The van der Waals surface area contributed by atoms with E-state index in [4.69, 9.17) is 4.74 Å². The van der Waals surface area contributed by atoms with E-state index in [2.05, 4.69) is 0 Å². The topological polar surface area (TPSA) is 49.7 Å². The molecule has 1 saturated heterocycles. The molecule has 1 aliphatic rings. The van der Waals surface area contributed by atoms with Gasteiger partial charge in [-0.1, -0.05) is 0 Å². The normalized spacial score (nSPS) is 30.7. The van der Waals surface area contributed by atoms with Crippen LogP contribution in [0, 0.1) is 5.92 Å². The van der Waals surface area contributed by atoms with Crippen LogP contribution >= 0.6 is 11.8 Å². The maximum absolute atomic E-state index is 9.51.